The minimum Gasteiger partial charge on any atom is -0.462 e. The average molecular weight is 327 g/mol. The zero-order chi connectivity index (χ0) is 15.6. The minimum atomic E-state index is -0.689. The average Bonchev–Trinajstić information content (AvgIpc) is 2.68. The standard InChI is InChI=1S/C15H12Cl2O4/c1-3-20-15(19)13-8(2)21-12(14(13)18)6-9-4-5-10(16)7-11(9)17/h4-7H,3H2,1-2H3/b12-6-. The number of ether oxygens (including phenoxy) is 2. The van der Waals surface area contributed by atoms with Crippen molar-refractivity contribution in [3.05, 3.63) is 50.9 Å². The molecule has 0 aromatic heterocycles. The fourth-order valence-electron chi connectivity index (χ4n) is 1.84. The van der Waals surface area contributed by atoms with Crippen LogP contribution in [0.3, 0.4) is 0 Å². The Morgan fingerprint density at radius 2 is 2.10 bits per heavy atom. The van der Waals surface area contributed by atoms with E-state index in [2.05, 4.69) is 0 Å². The zero-order valence-electron chi connectivity index (χ0n) is 11.4. The summed E-state index contributed by atoms with van der Waals surface area (Å²) in [4.78, 5) is 23.9. The molecule has 0 radical (unpaired) electrons. The van der Waals surface area contributed by atoms with Crippen LogP contribution in [0.1, 0.15) is 19.4 Å². The molecule has 0 N–H and O–H groups in total. The Kier molecular flexibility index (Phi) is 4.70. The van der Waals surface area contributed by atoms with E-state index < -0.39 is 11.8 Å². The van der Waals surface area contributed by atoms with Crippen molar-refractivity contribution in [2.75, 3.05) is 6.61 Å². The van der Waals surface area contributed by atoms with E-state index in [1.807, 2.05) is 0 Å². The van der Waals surface area contributed by atoms with Crippen molar-refractivity contribution in [3.8, 4) is 0 Å². The van der Waals surface area contributed by atoms with Crippen molar-refractivity contribution in [3.63, 3.8) is 0 Å². The van der Waals surface area contributed by atoms with Crippen LogP contribution in [0.5, 0.6) is 0 Å². The molecule has 0 fully saturated rings. The van der Waals surface area contributed by atoms with Gasteiger partial charge in [-0.05, 0) is 37.6 Å². The molecule has 2 rings (SSSR count). The highest BCUT2D eigenvalue weighted by Gasteiger charge is 2.34. The van der Waals surface area contributed by atoms with E-state index in [0.29, 0.717) is 15.6 Å². The fourth-order valence-corrected chi connectivity index (χ4v) is 2.30. The minimum absolute atomic E-state index is 0.0276. The van der Waals surface area contributed by atoms with Crippen LogP contribution in [0, 0.1) is 0 Å². The lowest BCUT2D eigenvalue weighted by Gasteiger charge is -2.02. The molecule has 1 heterocycles. The highest BCUT2D eigenvalue weighted by Crippen LogP contribution is 2.29. The number of hydrogen-bond acceptors (Lipinski definition) is 4. The SMILES string of the molecule is CCOC(=O)C1=C(C)O/C(=C\c2ccc(Cl)cc2Cl)C1=O. The van der Waals surface area contributed by atoms with Gasteiger partial charge >= 0.3 is 5.97 Å². The number of allylic oxidation sites excluding steroid dienone is 2. The third-order valence-corrected chi connectivity index (χ3v) is 3.36. The molecule has 6 heteroatoms. The molecule has 0 atom stereocenters. The molecule has 4 nitrogen and oxygen atoms in total. The summed E-state index contributed by atoms with van der Waals surface area (Å²) in [5.74, 6) is -0.961. The molecule has 0 saturated heterocycles. The first-order chi connectivity index (χ1) is 9.93. The van der Waals surface area contributed by atoms with Crippen LogP contribution >= 0.6 is 23.2 Å². The Bertz CT molecular complexity index is 674. The van der Waals surface area contributed by atoms with Crippen LogP contribution < -0.4 is 0 Å². The summed E-state index contributed by atoms with van der Waals surface area (Å²) >= 11 is 11.9. The Labute approximate surface area is 131 Å². The maximum atomic E-state index is 12.2. The maximum absolute atomic E-state index is 12.2. The van der Waals surface area contributed by atoms with Gasteiger partial charge in [-0.1, -0.05) is 29.3 Å². The quantitative estimate of drug-likeness (QED) is 0.482. The Morgan fingerprint density at radius 3 is 2.71 bits per heavy atom. The maximum Gasteiger partial charge on any atom is 0.345 e. The van der Waals surface area contributed by atoms with Crippen molar-refractivity contribution in [1.82, 2.24) is 0 Å². The number of esters is 1. The molecule has 110 valence electrons. The monoisotopic (exact) mass is 326 g/mol. The van der Waals surface area contributed by atoms with E-state index in [1.165, 1.54) is 13.0 Å². The van der Waals surface area contributed by atoms with Gasteiger partial charge in [0.1, 0.15) is 11.3 Å². The number of carbonyl (C=O) groups is 2. The van der Waals surface area contributed by atoms with Gasteiger partial charge < -0.3 is 9.47 Å². The fraction of sp³-hybridized carbons (Fsp3) is 0.200. The lowest BCUT2D eigenvalue weighted by atomic mass is 10.1. The molecule has 0 bridgehead atoms. The molecule has 0 saturated carbocycles. The molecule has 21 heavy (non-hydrogen) atoms. The van der Waals surface area contributed by atoms with Gasteiger partial charge in [-0.25, -0.2) is 4.79 Å². The summed E-state index contributed by atoms with van der Waals surface area (Å²) < 4.78 is 10.2. The molecule has 1 aromatic rings. The number of hydrogen-bond donors (Lipinski definition) is 0. The van der Waals surface area contributed by atoms with Crippen LogP contribution in [-0.2, 0) is 19.1 Å². The van der Waals surface area contributed by atoms with Crippen molar-refractivity contribution in [2.24, 2.45) is 0 Å². The summed E-state index contributed by atoms with van der Waals surface area (Å²) in [5, 5.41) is 0.871. The molecular weight excluding hydrogens is 315 g/mol. The second-order valence-corrected chi connectivity index (χ2v) is 5.10. The van der Waals surface area contributed by atoms with Gasteiger partial charge in [0.15, 0.2) is 5.76 Å². The second kappa shape index (κ2) is 6.33. The van der Waals surface area contributed by atoms with E-state index in [9.17, 15) is 9.59 Å². The number of Topliss-reactive ketones (excluding diaryl/α,β-unsaturated/α-hetero) is 1. The van der Waals surface area contributed by atoms with Crippen molar-refractivity contribution >= 4 is 41.0 Å². The lowest BCUT2D eigenvalue weighted by molar-refractivity contribution is -0.139. The molecule has 1 aliphatic heterocycles. The third-order valence-electron chi connectivity index (χ3n) is 2.79. The highest BCUT2D eigenvalue weighted by atomic mass is 35.5. The van der Waals surface area contributed by atoms with Gasteiger partial charge in [0.05, 0.1) is 6.61 Å². The van der Waals surface area contributed by atoms with E-state index >= 15 is 0 Å². The topological polar surface area (TPSA) is 52.6 Å². The van der Waals surface area contributed by atoms with E-state index in [0.717, 1.165) is 0 Å². The van der Waals surface area contributed by atoms with Gasteiger partial charge in [-0.3, -0.25) is 4.79 Å². The van der Waals surface area contributed by atoms with Gasteiger partial charge in [0, 0.05) is 10.0 Å². The first-order valence-corrected chi connectivity index (χ1v) is 6.97. The number of carbonyl (C=O) groups excluding carboxylic acids is 2. The molecule has 0 spiro atoms. The first-order valence-electron chi connectivity index (χ1n) is 6.21. The second-order valence-electron chi connectivity index (χ2n) is 4.26. The summed E-state index contributed by atoms with van der Waals surface area (Å²) in [6.45, 7) is 3.39. The van der Waals surface area contributed by atoms with Crippen LogP contribution in [0.2, 0.25) is 10.0 Å². The summed E-state index contributed by atoms with van der Waals surface area (Å²) in [6, 6.07) is 4.86. The summed E-state index contributed by atoms with van der Waals surface area (Å²) in [7, 11) is 0. The number of ketones is 1. The van der Waals surface area contributed by atoms with Gasteiger partial charge in [0.25, 0.3) is 0 Å². The van der Waals surface area contributed by atoms with Crippen molar-refractivity contribution in [2.45, 2.75) is 13.8 Å². The third kappa shape index (κ3) is 3.28. The molecule has 0 aliphatic carbocycles. The van der Waals surface area contributed by atoms with Gasteiger partial charge in [-0.15, -0.1) is 0 Å². The number of rotatable bonds is 3. The van der Waals surface area contributed by atoms with Crippen LogP contribution in [-0.4, -0.2) is 18.4 Å². The molecule has 0 amide bonds. The van der Waals surface area contributed by atoms with Crippen LogP contribution in [0.4, 0.5) is 0 Å². The van der Waals surface area contributed by atoms with Crippen LogP contribution in [0.15, 0.2) is 35.3 Å². The summed E-state index contributed by atoms with van der Waals surface area (Å²) in [5.41, 5.74) is 0.482. The zero-order valence-corrected chi connectivity index (χ0v) is 12.9. The predicted octanol–water partition coefficient (Wildman–Crippen LogP) is 3.77. The number of halogens is 2. The normalized spacial score (nSPS) is 16.4. The van der Waals surface area contributed by atoms with Crippen molar-refractivity contribution in [1.29, 1.82) is 0 Å². The Hall–Kier alpha value is -1.78. The molecule has 0 unspecified atom stereocenters. The van der Waals surface area contributed by atoms with E-state index in [4.69, 9.17) is 32.7 Å². The van der Waals surface area contributed by atoms with Crippen LogP contribution in [0.25, 0.3) is 6.08 Å². The number of benzene rings is 1. The Morgan fingerprint density at radius 1 is 1.38 bits per heavy atom. The van der Waals surface area contributed by atoms with Gasteiger partial charge in [0.2, 0.25) is 5.78 Å². The highest BCUT2D eigenvalue weighted by molar-refractivity contribution is 6.35. The molecule has 1 aliphatic rings. The largest absolute Gasteiger partial charge is 0.462 e. The van der Waals surface area contributed by atoms with Gasteiger partial charge in [-0.2, -0.15) is 0 Å². The summed E-state index contributed by atoms with van der Waals surface area (Å²) in [6.07, 6.45) is 1.47. The van der Waals surface area contributed by atoms with E-state index in [-0.39, 0.29) is 23.7 Å². The predicted molar refractivity (Wildman–Crippen MR) is 79.9 cm³/mol. The van der Waals surface area contributed by atoms with Crippen molar-refractivity contribution < 1.29 is 19.1 Å². The lowest BCUT2D eigenvalue weighted by Crippen LogP contribution is -2.14. The Balaban J connectivity index is 2.31. The molecule has 1 aromatic carbocycles. The first kappa shape index (κ1) is 15.6. The van der Waals surface area contributed by atoms with E-state index in [1.54, 1.807) is 25.1 Å². The smallest absolute Gasteiger partial charge is 0.345 e. The molecular formula is C15H12Cl2O4.